The number of carbonyl (C=O) groups excluding carboxylic acids is 1. The average Bonchev–Trinajstić information content (AvgIpc) is 3.70. The number of aromatic amines is 1. The van der Waals surface area contributed by atoms with Crippen LogP contribution in [0, 0.1) is 11.3 Å². The van der Waals surface area contributed by atoms with E-state index in [1.165, 1.54) is 28.8 Å². The maximum Gasteiger partial charge on any atom is 0.268 e. The monoisotopic (exact) mass is 872 g/mol. The summed E-state index contributed by atoms with van der Waals surface area (Å²) in [6, 6.07) is 19.7. The molecule has 0 radical (unpaired) electrons. The molecule has 0 bridgehead atoms. The Bertz CT molecular complexity index is 2490. The van der Waals surface area contributed by atoms with Gasteiger partial charge >= 0.3 is 0 Å². The lowest BCUT2D eigenvalue weighted by atomic mass is 9.72. The van der Waals surface area contributed by atoms with Crippen molar-refractivity contribution in [3.8, 4) is 17.4 Å². The van der Waals surface area contributed by atoms with E-state index in [4.69, 9.17) is 32.7 Å². The minimum absolute atomic E-state index is 0.0126. The van der Waals surface area contributed by atoms with Crippen molar-refractivity contribution in [2.75, 3.05) is 44.2 Å². The SMILES string of the molecule is CC1(C)CCC(CN2CCN(c3ccc(C(=O)NS(=O)(=O)c4ccc(OC[C@H]5CC[C@H](O)CC5)nc4Cl)c(Oc4cnc5[nH]ccc5c4)c3)CC2)=C(c2ccc(Cl)cc2)C1. The predicted molar refractivity (Wildman–Crippen MR) is 235 cm³/mol. The molecule has 0 atom stereocenters. The molecule has 0 unspecified atom stereocenters. The van der Waals surface area contributed by atoms with E-state index < -0.39 is 15.9 Å². The third kappa shape index (κ3) is 9.92. The van der Waals surface area contributed by atoms with Gasteiger partial charge in [0.05, 0.1) is 24.5 Å². The van der Waals surface area contributed by atoms with Crippen LogP contribution in [0.3, 0.4) is 0 Å². The van der Waals surface area contributed by atoms with Crippen LogP contribution in [0.15, 0.2) is 89.6 Å². The summed E-state index contributed by atoms with van der Waals surface area (Å²) in [5.41, 5.74) is 5.92. The van der Waals surface area contributed by atoms with Crippen molar-refractivity contribution in [1.29, 1.82) is 0 Å². The van der Waals surface area contributed by atoms with Gasteiger partial charge in [-0.1, -0.05) is 54.8 Å². The molecule has 3 N–H and O–H groups in total. The quantitative estimate of drug-likeness (QED) is 0.104. The van der Waals surface area contributed by atoms with Crippen molar-refractivity contribution in [2.45, 2.75) is 69.8 Å². The van der Waals surface area contributed by atoms with Crippen LogP contribution in [-0.2, 0) is 10.0 Å². The number of aromatic nitrogens is 3. The van der Waals surface area contributed by atoms with Crippen molar-refractivity contribution in [2.24, 2.45) is 11.3 Å². The number of rotatable bonds is 12. The van der Waals surface area contributed by atoms with E-state index in [0.717, 1.165) is 93.8 Å². The van der Waals surface area contributed by atoms with E-state index in [9.17, 15) is 18.3 Å². The molecule has 1 saturated carbocycles. The van der Waals surface area contributed by atoms with Crippen molar-refractivity contribution < 1.29 is 27.8 Å². The molecule has 2 fully saturated rings. The van der Waals surface area contributed by atoms with Gasteiger partial charge in [0.2, 0.25) is 5.88 Å². The van der Waals surface area contributed by atoms with Gasteiger partial charge in [-0.15, -0.1) is 0 Å². The number of aliphatic hydroxyl groups excluding tert-OH is 1. The van der Waals surface area contributed by atoms with Crippen LogP contribution in [-0.4, -0.2) is 84.7 Å². The van der Waals surface area contributed by atoms with Gasteiger partial charge in [0, 0.05) is 67.1 Å². The number of piperazine rings is 1. The summed E-state index contributed by atoms with van der Waals surface area (Å²) in [5, 5.41) is 11.0. The summed E-state index contributed by atoms with van der Waals surface area (Å²) in [7, 11) is -4.46. The summed E-state index contributed by atoms with van der Waals surface area (Å²) in [4.78, 5) is 29.9. The number of aliphatic hydroxyl groups is 1. The van der Waals surface area contributed by atoms with Crippen molar-refractivity contribution in [3.63, 3.8) is 0 Å². The second-order valence-electron chi connectivity index (χ2n) is 16.9. The van der Waals surface area contributed by atoms with Crippen LogP contribution >= 0.6 is 23.2 Å². The first kappa shape index (κ1) is 42.0. The van der Waals surface area contributed by atoms with Gasteiger partial charge in [-0.3, -0.25) is 9.69 Å². The number of sulfonamides is 1. The summed E-state index contributed by atoms with van der Waals surface area (Å²) >= 11 is 12.6. The standard InChI is InChI=1S/C45H50Cl2N6O6S/c1-45(2)17-15-32(38(25-45)30-5-7-33(46)8-6-30)27-52-19-21-53(22-20-52)34-9-12-37(39(24-34)59-36-23-31-16-18-48-43(31)49-26-36)44(55)51-60(56,57)40-13-14-41(50-42(40)47)58-28-29-3-10-35(54)11-4-29/h5-9,12-14,16,18,23-24,26,29,35,54H,3-4,10-11,15,17,19-22,25,27-28H2,1-2H3,(H,48,49)(H,51,55)/t29-,35-. The molecule has 3 aromatic heterocycles. The number of halogens is 2. The Morgan fingerprint density at radius 3 is 2.50 bits per heavy atom. The van der Waals surface area contributed by atoms with Crippen LogP contribution in [0.2, 0.25) is 10.2 Å². The second-order valence-corrected chi connectivity index (χ2v) is 19.4. The van der Waals surface area contributed by atoms with Crippen LogP contribution in [0.25, 0.3) is 16.6 Å². The zero-order chi connectivity index (χ0) is 42.0. The third-order valence-electron chi connectivity index (χ3n) is 11.9. The van der Waals surface area contributed by atoms with E-state index in [-0.39, 0.29) is 44.7 Å². The number of ether oxygens (including phenoxy) is 2. The molecule has 1 saturated heterocycles. The third-order valence-corrected chi connectivity index (χ3v) is 13.9. The Morgan fingerprint density at radius 1 is 0.983 bits per heavy atom. The Balaban J connectivity index is 0.981. The Labute approximate surface area is 361 Å². The van der Waals surface area contributed by atoms with E-state index in [1.807, 2.05) is 24.3 Å². The van der Waals surface area contributed by atoms with Gasteiger partial charge in [-0.2, -0.15) is 0 Å². The summed E-state index contributed by atoms with van der Waals surface area (Å²) in [6.45, 7) is 9.15. The number of nitrogens with one attached hydrogen (secondary N) is 2. The number of nitrogens with zero attached hydrogens (tertiary/aromatic N) is 4. The minimum atomic E-state index is -4.46. The summed E-state index contributed by atoms with van der Waals surface area (Å²) in [6.07, 6.45) is 9.38. The molecule has 60 heavy (non-hydrogen) atoms. The highest BCUT2D eigenvalue weighted by atomic mass is 35.5. The zero-order valence-electron chi connectivity index (χ0n) is 33.8. The first-order valence-electron chi connectivity index (χ1n) is 20.5. The molecule has 0 spiro atoms. The van der Waals surface area contributed by atoms with Gasteiger partial charge in [-0.05, 0) is 110 Å². The van der Waals surface area contributed by atoms with Crippen molar-refractivity contribution >= 4 is 61.4 Å². The molecule has 316 valence electrons. The molecule has 1 amide bonds. The molecule has 15 heteroatoms. The number of hydrogen-bond acceptors (Lipinski definition) is 10. The largest absolute Gasteiger partial charge is 0.477 e. The molecular weight excluding hydrogens is 824 g/mol. The van der Waals surface area contributed by atoms with Gasteiger partial charge < -0.3 is 24.5 Å². The number of fused-ring (bicyclic) bond motifs is 1. The van der Waals surface area contributed by atoms with Gasteiger partial charge in [0.25, 0.3) is 15.9 Å². The smallest absolute Gasteiger partial charge is 0.268 e. The van der Waals surface area contributed by atoms with Crippen molar-refractivity contribution in [3.05, 3.63) is 106 Å². The molecule has 1 aliphatic heterocycles. The number of anilines is 1. The van der Waals surface area contributed by atoms with E-state index in [0.29, 0.717) is 18.0 Å². The lowest BCUT2D eigenvalue weighted by molar-refractivity contribution is 0.0908. The van der Waals surface area contributed by atoms with Crippen LogP contribution in [0.4, 0.5) is 5.69 Å². The summed E-state index contributed by atoms with van der Waals surface area (Å²) < 4.78 is 41.5. The predicted octanol–water partition coefficient (Wildman–Crippen LogP) is 8.89. The Morgan fingerprint density at radius 2 is 1.75 bits per heavy atom. The first-order valence-corrected chi connectivity index (χ1v) is 22.8. The number of carbonyl (C=O) groups is 1. The number of H-pyrrole nitrogens is 1. The fourth-order valence-corrected chi connectivity index (χ4v) is 9.97. The number of pyridine rings is 2. The van der Waals surface area contributed by atoms with Crippen LogP contribution in [0.1, 0.15) is 74.7 Å². The normalized spacial score (nSPS) is 20.0. The highest BCUT2D eigenvalue weighted by Crippen LogP contribution is 2.43. The van der Waals surface area contributed by atoms with Gasteiger partial charge in [-0.25, -0.2) is 23.1 Å². The minimum Gasteiger partial charge on any atom is -0.477 e. The molecule has 8 rings (SSSR count). The topological polar surface area (TPSA) is 150 Å². The zero-order valence-corrected chi connectivity index (χ0v) is 36.1. The van der Waals surface area contributed by atoms with Gasteiger partial charge in [0.15, 0.2) is 5.15 Å². The average molecular weight is 874 g/mol. The van der Waals surface area contributed by atoms with E-state index in [1.54, 1.807) is 30.6 Å². The fourth-order valence-electron chi connectivity index (χ4n) is 8.41. The van der Waals surface area contributed by atoms with E-state index in [2.05, 4.69) is 55.5 Å². The lowest BCUT2D eigenvalue weighted by Gasteiger charge is -2.39. The number of amides is 1. The van der Waals surface area contributed by atoms with Gasteiger partial charge in [0.1, 0.15) is 22.0 Å². The van der Waals surface area contributed by atoms with Crippen LogP contribution in [0.5, 0.6) is 17.4 Å². The molecule has 3 aliphatic rings. The fraction of sp³-hybridized carbons (Fsp3) is 0.400. The molecule has 2 aromatic carbocycles. The first-order chi connectivity index (χ1) is 28.8. The summed E-state index contributed by atoms with van der Waals surface area (Å²) in [5.74, 6) is 0.0955. The second kappa shape index (κ2) is 17.7. The lowest BCUT2D eigenvalue weighted by Crippen LogP contribution is -2.47. The van der Waals surface area contributed by atoms with Crippen LogP contribution < -0.4 is 19.1 Å². The number of allylic oxidation sites excluding steroid dienone is 1. The molecule has 2 aliphatic carbocycles. The van der Waals surface area contributed by atoms with E-state index >= 15 is 0 Å². The van der Waals surface area contributed by atoms with Crippen molar-refractivity contribution in [1.82, 2.24) is 24.6 Å². The maximum absolute atomic E-state index is 13.9. The Kier molecular flexibility index (Phi) is 12.4. The molecule has 4 heterocycles. The highest BCUT2D eigenvalue weighted by Gasteiger charge is 2.30. The maximum atomic E-state index is 13.9. The number of benzene rings is 2. The molecular formula is C45H50Cl2N6O6S. The molecule has 12 nitrogen and oxygen atoms in total. The number of hydrogen-bond donors (Lipinski definition) is 3. The molecule has 5 aromatic rings. The highest BCUT2D eigenvalue weighted by molar-refractivity contribution is 7.90. The Hall–Kier alpha value is -4.66.